The maximum atomic E-state index is 12.7. The summed E-state index contributed by atoms with van der Waals surface area (Å²) in [7, 11) is 0. The Morgan fingerprint density at radius 3 is 2.47 bits per heavy atom. The largest absolute Gasteiger partial charge is 0.461 e. The van der Waals surface area contributed by atoms with Crippen molar-refractivity contribution in [1.29, 1.82) is 0 Å². The Morgan fingerprint density at radius 2 is 2.05 bits per heavy atom. The molecule has 0 bridgehead atoms. The fourth-order valence-corrected chi connectivity index (χ4v) is 1.85. The molecule has 0 N–H and O–H groups in total. The summed E-state index contributed by atoms with van der Waals surface area (Å²) in [6, 6.07) is 0.254. The van der Waals surface area contributed by atoms with Crippen molar-refractivity contribution in [2.45, 2.75) is 19.5 Å². The highest BCUT2D eigenvalue weighted by atomic mass is 79.9. The predicted octanol–water partition coefficient (Wildman–Crippen LogP) is 3.98. The Bertz CT molecular complexity index is 490. The van der Waals surface area contributed by atoms with Gasteiger partial charge >= 0.3 is 12.1 Å². The number of hydrogen-bond acceptors (Lipinski definition) is 3. The second kappa shape index (κ2) is 5.81. The molecule has 0 fully saturated rings. The van der Waals surface area contributed by atoms with Gasteiger partial charge in [-0.3, -0.25) is 0 Å². The lowest BCUT2D eigenvalue weighted by atomic mass is 10.1. The number of alkyl halides is 5. The zero-order chi connectivity index (χ0) is 14.8. The molecule has 1 aromatic heterocycles. The molecule has 0 saturated heterocycles. The summed E-state index contributed by atoms with van der Waals surface area (Å²) < 4.78 is 67.0. The molecule has 0 spiro atoms. The summed E-state index contributed by atoms with van der Waals surface area (Å²) >= 11 is 2.51. The van der Waals surface area contributed by atoms with E-state index in [1.807, 2.05) is 0 Å². The number of aromatic nitrogens is 1. The zero-order valence-corrected chi connectivity index (χ0v) is 11.0. The molecule has 0 aliphatic heterocycles. The van der Waals surface area contributed by atoms with Gasteiger partial charge in [0.15, 0.2) is 0 Å². The van der Waals surface area contributed by atoms with Crippen molar-refractivity contribution < 1.29 is 31.5 Å². The van der Waals surface area contributed by atoms with Crippen LogP contribution < -0.4 is 0 Å². The van der Waals surface area contributed by atoms with Crippen LogP contribution in [0.1, 0.15) is 35.0 Å². The normalized spacial score (nSPS) is 11.8. The van der Waals surface area contributed by atoms with E-state index in [0.29, 0.717) is 0 Å². The molecule has 0 saturated carbocycles. The van der Waals surface area contributed by atoms with Crippen molar-refractivity contribution >= 4 is 21.9 Å². The van der Waals surface area contributed by atoms with Crippen LogP contribution in [0.25, 0.3) is 0 Å². The number of halogens is 6. The van der Waals surface area contributed by atoms with Crippen LogP contribution in [-0.4, -0.2) is 17.6 Å². The third-order valence-corrected chi connectivity index (χ3v) is 2.62. The van der Waals surface area contributed by atoms with Gasteiger partial charge in [0.2, 0.25) is 0 Å². The summed E-state index contributed by atoms with van der Waals surface area (Å²) in [5, 5.41) is 0. The van der Waals surface area contributed by atoms with Gasteiger partial charge in [-0.15, -0.1) is 0 Å². The van der Waals surface area contributed by atoms with Crippen molar-refractivity contribution in [3.8, 4) is 0 Å². The predicted molar refractivity (Wildman–Crippen MR) is 57.9 cm³/mol. The molecule has 0 aromatic carbocycles. The highest BCUT2D eigenvalue weighted by molar-refractivity contribution is 9.10. The second-order valence-electron chi connectivity index (χ2n) is 3.28. The highest BCUT2D eigenvalue weighted by Gasteiger charge is 2.38. The molecule has 19 heavy (non-hydrogen) atoms. The topological polar surface area (TPSA) is 39.2 Å². The first kappa shape index (κ1) is 15.8. The second-order valence-corrected chi connectivity index (χ2v) is 4.03. The first-order valence-corrected chi connectivity index (χ1v) is 5.70. The van der Waals surface area contributed by atoms with Gasteiger partial charge in [-0.25, -0.2) is 18.6 Å². The number of esters is 1. The molecule has 106 valence electrons. The van der Waals surface area contributed by atoms with E-state index in [1.165, 1.54) is 6.92 Å². The number of nitrogens with zero attached hydrogens (tertiary/aromatic N) is 1. The molecule has 0 aliphatic rings. The zero-order valence-electron chi connectivity index (χ0n) is 9.39. The van der Waals surface area contributed by atoms with Crippen molar-refractivity contribution in [2.24, 2.45) is 0 Å². The molecular formula is C10H7BrF5NO2. The Kier molecular flexibility index (Phi) is 4.83. The fourth-order valence-electron chi connectivity index (χ4n) is 1.28. The molecule has 0 aliphatic carbocycles. The van der Waals surface area contributed by atoms with E-state index < -0.39 is 40.0 Å². The Labute approximate surface area is 112 Å². The van der Waals surface area contributed by atoms with Gasteiger partial charge in [0.1, 0.15) is 10.3 Å². The van der Waals surface area contributed by atoms with Crippen LogP contribution in [0.15, 0.2) is 10.7 Å². The average Bonchev–Trinajstić information content (AvgIpc) is 2.26. The maximum absolute atomic E-state index is 12.7. The van der Waals surface area contributed by atoms with E-state index in [-0.39, 0.29) is 12.7 Å². The number of carbonyl (C=O) groups is 1. The van der Waals surface area contributed by atoms with E-state index in [0.717, 1.165) is 0 Å². The quantitative estimate of drug-likeness (QED) is 0.471. The summed E-state index contributed by atoms with van der Waals surface area (Å²) in [4.78, 5) is 14.6. The van der Waals surface area contributed by atoms with Crippen molar-refractivity contribution in [3.63, 3.8) is 0 Å². The molecule has 9 heteroatoms. The van der Waals surface area contributed by atoms with Crippen molar-refractivity contribution in [3.05, 3.63) is 27.5 Å². The number of rotatable bonds is 3. The van der Waals surface area contributed by atoms with Gasteiger partial charge in [-0.2, -0.15) is 13.2 Å². The van der Waals surface area contributed by atoms with Crippen molar-refractivity contribution in [1.82, 2.24) is 4.98 Å². The standard InChI is InChI=1S/C10H7BrF5NO2/c1-2-19-9(18)5-3-4(10(14,15)16)6(8(12)13)7(11)17-5/h3,8H,2H2,1H3. The third-order valence-electron chi connectivity index (χ3n) is 2.02. The highest BCUT2D eigenvalue weighted by Crippen LogP contribution is 2.39. The third kappa shape index (κ3) is 3.62. The molecule has 1 rings (SSSR count). The van der Waals surface area contributed by atoms with Crippen LogP contribution in [0.3, 0.4) is 0 Å². The minimum Gasteiger partial charge on any atom is -0.461 e. The number of pyridine rings is 1. The van der Waals surface area contributed by atoms with Crippen LogP contribution >= 0.6 is 15.9 Å². The first-order valence-electron chi connectivity index (χ1n) is 4.91. The van der Waals surface area contributed by atoms with E-state index in [1.54, 1.807) is 0 Å². The Hall–Kier alpha value is -1.25. The van der Waals surface area contributed by atoms with Crippen LogP contribution in [0, 0.1) is 0 Å². The van der Waals surface area contributed by atoms with E-state index >= 15 is 0 Å². The number of hydrogen-bond donors (Lipinski definition) is 0. The first-order chi connectivity index (χ1) is 8.68. The molecule has 0 atom stereocenters. The molecular weight excluding hydrogens is 341 g/mol. The van der Waals surface area contributed by atoms with Crippen LogP contribution in [0.5, 0.6) is 0 Å². The smallest absolute Gasteiger partial charge is 0.417 e. The Morgan fingerprint density at radius 1 is 1.47 bits per heavy atom. The van der Waals surface area contributed by atoms with Gasteiger partial charge in [-0.05, 0) is 28.9 Å². The maximum Gasteiger partial charge on any atom is 0.417 e. The summed E-state index contributed by atoms with van der Waals surface area (Å²) in [6.07, 6.45) is -8.41. The molecule has 3 nitrogen and oxygen atoms in total. The lowest BCUT2D eigenvalue weighted by Gasteiger charge is -2.14. The fraction of sp³-hybridized carbons (Fsp3) is 0.400. The van der Waals surface area contributed by atoms with Crippen LogP contribution in [0.4, 0.5) is 22.0 Å². The van der Waals surface area contributed by atoms with Crippen LogP contribution in [-0.2, 0) is 10.9 Å². The SMILES string of the molecule is CCOC(=O)c1cc(C(F)(F)F)c(C(F)F)c(Br)n1. The van der Waals surface area contributed by atoms with E-state index in [9.17, 15) is 26.7 Å². The van der Waals surface area contributed by atoms with Crippen LogP contribution in [0.2, 0.25) is 0 Å². The molecule has 0 unspecified atom stereocenters. The minimum absolute atomic E-state index is 0.0733. The summed E-state index contributed by atoms with van der Waals surface area (Å²) in [6.45, 7) is 1.38. The lowest BCUT2D eigenvalue weighted by molar-refractivity contribution is -0.139. The molecule has 0 radical (unpaired) electrons. The average molecular weight is 348 g/mol. The summed E-state index contributed by atoms with van der Waals surface area (Å²) in [5.74, 6) is -1.12. The Balaban J connectivity index is 3.44. The van der Waals surface area contributed by atoms with E-state index in [4.69, 9.17) is 0 Å². The number of ether oxygens (including phenoxy) is 1. The van der Waals surface area contributed by atoms with Gasteiger partial charge in [-0.1, -0.05) is 0 Å². The molecule has 1 aromatic rings. The summed E-state index contributed by atoms with van der Waals surface area (Å²) in [5.41, 5.74) is -3.61. The number of carbonyl (C=O) groups excluding carboxylic acids is 1. The lowest BCUT2D eigenvalue weighted by Crippen LogP contribution is -2.15. The van der Waals surface area contributed by atoms with Gasteiger partial charge < -0.3 is 4.74 Å². The van der Waals surface area contributed by atoms with Gasteiger partial charge in [0.25, 0.3) is 6.43 Å². The molecule has 1 heterocycles. The monoisotopic (exact) mass is 347 g/mol. The van der Waals surface area contributed by atoms with E-state index in [2.05, 4.69) is 25.7 Å². The van der Waals surface area contributed by atoms with Gasteiger partial charge in [0.05, 0.1) is 17.7 Å². The van der Waals surface area contributed by atoms with Gasteiger partial charge in [0, 0.05) is 0 Å². The molecule has 0 amide bonds. The van der Waals surface area contributed by atoms with Crippen molar-refractivity contribution in [2.75, 3.05) is 6.61 Å². The minimum atomic E-state index is -5.03.